The summed E-state index contributed by atoms with van der Waals surface area (Å²) in [7, 11) is 0. The van der Waals surface area contributed by atoms with Crippen LogP contribution in [0.3, 0.4) is 0 Å². The summed E-state index contributed by atoms with van der Waals surface area (Å²) in [5.41, 5.74) is 8.75. The first-order valence-corrected chi connectivity index (χ1v) is 9.78. The van der Waals surface area contributed by atoms with Gasteiger partial charge in [-0.25, -0.2) is 9.97 Å². The van der Waals surface area contributed by atoms with Crippen LogP contribution in [0, 0.1) is 11.8 Å². The topological polar surface area (TPSA) is 115 Å². The van der Waals surface area contributed by atoms with Crippen LogP contribution in [0.2, 0.25) is 0 Å². The van der Waals surface area contributed by atoms with Crippen LogP contribution in [-0.4, -0.2) is 38.9 Å². The lowest BCUT2D eigenvalue weighted by Crippen LogP contribution is -2.25. The highest BCUT2D eigenvalue weighted by Crippen LogP contribution is 2.23. The maximum atomic E-state index is 12.3. The molecule has 0 aliphatic heterocycles. The molecule has 4 rings (SSSR count). The zero-order valence-corrected chi connectivity index (χ0v) is 16.6. The fourth-order valence-electron chi connectivity index (χ4n) is 3.14. The van der Waals surface area contributed by atoms with Crippen molar-refractivity contribution in [2.24, 2.45) is 0 Å². The van der Waals surface area contributed by atoms with Crippen molar-refractivity contribution >= 4 is 28.7 Å². The van der Waals surface area contributed by atoms with Gasteiger partial charge in [0.1, 0.15) is 17.8 Å². The number of hydrogen-bond donors (Lipinski definition) is 3. The van der Waals surface area contributed by atoms with Gasteiger partial charge in [0, 0.05) is 43.4 Å². The number of fused-ring (bicyclic) bond motifs is 1. The maximum absolute atomic E-state index is 12.3. The van der Waals surface area contributed by atoms with Gasteiger partial charge in [0.2, 0.25) is 5.91 Å². The van der Waals surface area contributed by atoms with Gasteiger partial charge >= 0.3 is 0 Å². The second-order valence-electron chi connectivity index (χ2n) is 7.26. The Hall–Kier alpha value is -3.86. The number of hydrogen-bond acceptors (Lipinski definition) is 5. The fraction of sp³-hybridized carbons (Fsp3) is 0.273. The second kappa shape index (κ2) is 8.25. The Balaban J connectivity index is 1.62. The molecule has 1 saturated carbocycles. The zero-order valence-electron chi connectivity index (χ0n) is 16.6. The standard InChI is InChI=1S/C22H22N6O2/c1-14(29)24-9-10-28-12-17(19-20(23)25-13-26-21(19)28)6-5-15-3-2-4-16(11-15)22(30)27-18-7-8-18/h2-4,11-13,18H,7-10H2,1H3,(H,24,29)(H,27,30)(H2,23,25,26). The van der Waals surface area contributed by atoms with E-state index in [1.165, 1.54) is 13.3 Å². The van der Waals surface area contributed by atoms with Crippen LogP contribution in [-0.2, 0) is 11.3 Å². The molecule has 4 N–H and O–H groups in total. The van der Waals surface area contributed by atoms with E-state index in [0.717, 1.165) is 18.4 Å². The molecule has 0 saturated heterocycles. The molecule has 0 unspecified atom stereocenters. The fourth-order valence-corrected chi connectivity index (χ4v) is 3.14. The van der Waals surface area contributed by atoms with E-state index in [9.17, 15) is 9.59 Å². The van der Waals surface area contributed by atoms with Crippen LogP contribution in [0.5, 0.6) is 0 Å². The molecule has 0 atom stereocenters. The number of carbonyl (C=O) groups is 2. The third-order valence-electron chi connectivity index (χ3n) is 4.79. The van der Waals surface area contributed by atoms with Gasteiger partial charge < -0.3 is 20.9 Å². The van der Waals surface area contributed by atoms with Crippen molar-refractivity contribution in [2.45, 2.75) is 32.4 Å². The predicted octanol–water partition coefficient (Wildman–Crippen LogP) is 1.44. The normalized spacial score (nSPS) is 12.8. The summed E-state index contributed by atoms with van der Waals surface area (Å²) in [6.07, 6.45) is 5.35. The van der Waals surface area contributed by atoms with E-state index >= 15 is 0 Å². The Kier molecular flexibility index (Phi) is 5.35. The average Bonchev–Trinajstić information content (AvgIpc) is 3.47. The van der Waals surface area contributed by atoms with Crippen LogP contribution in [0.15, 0.2) is 36.8 Å². The molecule has 3 aromatic rings. The summed E-state index contributed by atoms with van der Waals surface area (Å²) >= 11 is 0. The van der Waals surface area contributed by atoms with Crippen molar-refractivity contribution < 1.29 is 9.59 Å². The maximum Gasteiger partial charge on any atom is 0.251 e. The van der Waals surface area contributed by atoms with Crippen LogP contribution in [0.25, 0.3) is 11.0 Å². The highest BCUT2D eigenvalue weighted by Gasteiger charge is 2.23. The molecule has 1 aromatic carbocycles. The Bertz CT molecular complexity index is 1180. The number of aromatic nitrogens is 3. The Morgan fingerprint density at radius 3 is 2.87 bits per heavy atom. The quantitative estimate of drug-likeness (QED) is 0.559. The SMILES string of the molecule is CC(=O)NCCn1cc(C#Cc2cccc(C(=O)NC3CC3)c2)c2c(N)ncnc21. The van der Waals surface area contributed by atoms with Crippen molar-refractivity contribution in [1.29, 1.82) is 0 Å². The lowest BCUT2D eigenvalue weighted by atomic mass is 10.1. The van der Waals surface area contributed by atoms with E-state index in [-0.39, 0.29) is 11.8 Å². The largest absolute Gasteiger partial charge is 0.383 e. The minimum Gasteiger partial charge on any atom is -0.383 e. The lowest BCUT2D eigenvalue weighted by Gasteiger charge is -2.04. The molecular formula is C22H22N6O2. The van der Waals surface area contributed by atoms with E-state index in [2.05, 4.69) is 32.4 Å². The zero-order chi connectivity index (χ0) is 21.1. The number of nitrogen functional groups attached to an aromatic ring is 1. The number of nitrogens with zero attached hydrogens (tertiary/aromatic N) is 3. The number of rotatable bonds is 5. The molecule has 1 aliphatic rings. The number of anilines is 1. The van der Waals surface area contributed by atoms with Crippen molar-refractivity contribution in [3.63, 3.8) is 0 Å². The van der Waals surface area contributed by atoms with Crippen LogP contribution >= 0.6 is 0 Å². The number of benzene rings is 1. The third-order valence-corrected chi connectivity index (χ3v) is 4.79. The van der Waals surface area contributed by atoms with Crippen LogP contribution < -0.4 is 16.4 Å². The summed E-state index contributed by atoms with van der Waals surface area (Å²) in [4.78, 5) is 31.8. The van der Waals surface area contributed by atoms with Gasteiger partial charge in [-0.05, 0) is 31.0 Å². The van der Waals surface area contributed by atoms with Crippen molar-refractivity contribution in [3.8, 4) is 11.8 Å². The summed E-state index contributed by atoms with van der Waals surface area (Å²) < 4.78 is 1.90. The second-order valence-corrected chi connectivity index (χ2v) is 7.26. The molecule has 2 amide bonds. The van der Waals surface area contributed by atoms with Crippen molar-refractivity contribution in [2.75, 3.05) is 12.3 Å². The van der Waals surface area contributed by atoms with E-state index in [1.54, 1.807) is 12.1 Å². The summed E-state index contributed by atoms with van der Waals surface area (Å²) in [5.74, 6) is 6.42. The highest BCUT2D eigenvalue weighted by atomic mass is 16.2. The molecule has 2 aromatic heterocycles. The molecule has 152 valence electrons. The molecule has 1 fully saturated rings. The number of carbonyl (C=O) groups excluding carboxylic acids is 2. The molecule has 1 aliphatic carbocycles. The minimum atomic E-state index is -0.0915. The van der Waals surface area contributed by atoms with Gasteiger partial charge in [0.05, 0.1) is 10.9 Å². The van der Waals surface area contributed by atoms with Gasteiger partial charge in [0.15, 0.2) is 0 Å². The molecule has 2 heterocycles. The molecule has 0 spiro atoms. The molecule has 0 radical (unpaired) electrons. The Labute approximate surface area is 173 Å². The van der Waals surface area contributed by atoms with E-state index in [1.807, 2.05) is 22.9 Å². The molecule has 8 heteroatoms. The molecular weight excluding hydrogens is 380 g/mol. The highest BCUT2D eigenvalue weighted by molar-refractivity contribution is 5.95. The number of amides is 2. The van der Waals surface area contributed by atoms with Gasteiger partial charge in [-0.1, -0.05) is 17.9 Å². The van der Waals surface area contributed by atoms with Crippen LogP contribution in [0.1, 0.15) is 41.3 Å². The number of nitrogens with two attached hydrogens (primary N) is 1. The van der Waals surface area contributed by atoms with Gasteiger partial charge in [-0.3, -0.25) is 9.59 Å². The first-order valence-electron chi connectivity index (χ1n) is 9.78. The van der Waals surface area contributed by atoms with E-state index in [4.69, 9.17) is 5.73 Å². The Morgan fingerprint density at radius 2 is 2.10 bits per heavy atom. The minimum absolute atomic E-state index is 0.0756. The van der Waals surface area contributed by atoms with E-state index < -0.39 is 0 Å². The predicted molar refractivity (Wildman–Crippen MR) is 114 cm³/mol. The lowest BCUT2D eigenvalue weighted by molar-refractivity contribution is -0.118. The summed E-state index contributed by atoms with van der Waals surface area (Å²) in [6.45, 7) is 2.48. The summed E-state index contributed by atoms with van der Waals surface area (Å²) in [6, 6.07) is 7.54. The third kappa shape index (κ3) is 4.41. The monoisotopic (exact) mass is 402 g/mol. The Morgan fingerprint density at radius 1 is 1.27 bits per heavy atom. The summed E-state index contributed by atoms with van der Waals surface area (Å²) in [5, 5.41) is 6.42. The van der Waals surface area contributed by atoms with Gasteiger partial charge in [-0.2, -0.15) is 0 Å². The van der Waals surface area contributed by atoms with Crippen molar-refractivity contribution in [1.82, 2.24) is 25.2 Å². The van der Waals surface area contributed by atoms with Crippen molar-refractivity contribution in [3.05, 3.63) is 53.5 Å². The van der Waals surface area contributed by atoms with E-state index in [0.29, 0.717) is 47.1 Å². The molecule has 0 bridgehead atoms. The molecule has 8 nitrogen and oxygen atoms in total. The smallest absolute Gasteiger partial charge is 0.251 e. The first kappa shape index (κ1) is 19.5. The average molecular weight is 402 g/mol. The van der Waals surface area contributed by atoms with Crippen LogP contribution in [0.4, 0.5) is 5.82 Å². The van der Waals surface area contributed by atoms with Gasteiger partial charge in [0.25, 0.3) is 5.91 Å². The first-order chi connectivity index (χ1) is 14.5. The molecule has 30 heavy (non-hydrogen) atoms. The van der Waals surface area contributed by atoms with Gasteiger partial charge in [-0.15, -0.1) is 0 Å². The number of nitrogens with one attached hydrogen (secondary N) is 2.